The van der Waals surface area contributed by atoms with Crippen LogP contribution in [-0.4, -0.2) is 24.5 Å². The molecular weight excluding hydrogens is 315 g/mol. The van der Waals surface area contributed by atoms with Gasteiger partial charge in [0.15, 0.2) is 0 Å². The van der Waals surface area contributed by atoms with Crippen molar-refractivity contribution in [3.05, 3.63) is 69.7 Å². The number of hydrogen-bond acceptors (Lipinski definition) is 2. The van der Waals surface area contributed by atoms with Crippen LogP contribution in [0.1, 0.15) is 17.0 Å². The summed E-state index contributed by atoms with van der Waals surface area (Å²) in [6, 6.07) is 16.5. The van der Waals surface area contributed by atoms with Crippen molar-refractivity contribution in [3.8, 4) is 0 Å². The maximum atomic E-state index is 6.17. The first-order valence-corrected chi connectivity index (χ1v) is 8.34. The molecular formula is C18H20Cl2N2. The van der Waals surface area contributed by atoms with Gasteiger partial charge >= 0.3 is 0 Å². The van der Waals surface area contributed by atoms with Crippen molar-refractivity contribution >= 4 is 23.2 Å². The van der Waals surface area contributed by atoms with E-state index in [1.54, 1.807) is 0 Å². The Morgan fingerprint density at radius 2 is 1.77 bits per heavy atom. The molecule has 2 aromatic rings. The minimum absolute atomic E-state index is 0.420. The second kappa shape index (κ2) is 7.01. The molecule has 0 spiro atoms. The molecule has 0 saturated carbocycles. The van der Waals surface area contributed by atoms with Crippen LogP contribution in [0, 0.1) is 5.92 Å². The summed E-state index contributed by atoms with van der Waals surface area (Å²) in [7, 11) is 0. The molecule has 2 aromatic carbocycles. The predicted octanol–water partition coefficient (Wildman–Crippen LogP) is 4.17. The molecule has 1 aliphatic rings. The summed E-state index contributed by atoms with van der Waals surface area (Å²) in [5.74, 6) is 0.879. The molecule has 3 rings (SSSR count). The highest BCUT2D eigenvalue weighted by atomic mass is 35.5. The van der Waals surface area contributed by atoms with Gasteiger partial charge in [-0.15, -0.1) is 0 Å². The molecule has 0 amide bonds. The zero-order chi connectivity index (χ0) is 15.5. The lowest BCUT2D eigenvalue weighted by molar-refractivity contribution is 0.317. The van der Waals surface area contributed by atoms with E-state index < -0.39 is 0 Å². The smallest absolute Gasteiger partial charge is 0.0595 e. The van der Waals surface area contributed by atoms with Crippen molar-refractivity contribution in [2.75, 3.05) is 19.6 Å². The number of nitrogens with zero attached hydrogens (tertiary/aromatic N) is 1. The fourth-order valence-corrected chi connectivity index (χ4v) is 3.60. The number of rotatable bonds is 4. The van der Waals surface area contributed by atoms with E-state index >= 15 is 0 Å². The highest BCUT2D eigenvalue weighted by Crippen LogP contribution is 2.35. The average Bonchev–Trinajstić information content (AvgIpc) is 2.94. The first kappa shape index (κ1) is 15.8. The van der Waals surface area contributed by atoms with Gasteiger partial charge in [-0.05, 0) is 35.7 Å². The molecule has 1 heterocycles. The third kappa shape index (κ3) is 3.47. The van der Waals surface area contributed by atoms with E-state index in [9.17, 15) is 0 Å². The highest BCUT2D eigenvalue weighted by molar-refractivity contribution is 6.42. The van der Waals surface area contributed by atoms with E-state index in [1.165, 1.54) is 11.1 Å². The third-order valence-electron chi connectivity index (χ3n) is 4.44. The van der Waals surface area contributed by atoms with Crippen LogP contribution in [0.25, 0.3) is 0 Å². The number of likely N-dealkylation sites (tertiary alicyclic amines) is 1. The standard InChI is InChI=1S/C18H20Cl2N2/c19-17-7-6-14(8-18(17)20)16-12-22(11-15(16)9-21)10-13-4-2-1-3-5-13/h1-8,15-16H,9-12,21H2/t15-,16+/m0/s1. The summed E-state index contributed by atoms with van der Waals surface area (Å²) in [5, 5.41) is 1.23. The minimum atomic E-state index is 0.420. The van der Waals surface area contributed by atoms with Crippen molar-refractivity contribution in [1.29, 1.82) is 0 Å². The predicted molar refractivity (Wildman–Crippen MR) is 93.5 cm³/mol. The normalized spacial score (nSPS) is 22.1. The van der Waals surface area contributed by atoms with Crippen LogP contribution in [0.5, 0.6) is 0 Å². The number of benzene rings is 2. The van der Waals surface area contributed by atoms with Crippen molar-refractivity contribution in [2.24, 2.45) is 11.7 Å². The second-order valence-corrected chi connectivity index (χ2v) is 6.77. The fourth-order valence-electron chi connectivity index (χ4n) is 3.29. The van der Waals surface area contributed by atoms with Gasteiger partial charge < -0.3 is 5.73 Å². The van der Waals surface area contributed by atoms with Crippen molar-refractivity contribution < 1.29 is 0 Å². The number of halogens is 2. The summed E-state index contributed by atoms with van der Waals surface area (Å²) in [5.41, 5.74) is 8.58. The Kier molecular flexibility index (Phi) is 5.04. The molecule has 116 valence electrons. The van der Waals surface area contributed by atoms with Crippen molar-refractivity contribution in [2.45, 2.75) is 12.5 Å². The van der Waals surface area contributed by atoms with Crippen LogP contribution in [0.2, 0.25) is 10.0 Å². The molecule has 4 heteroatoms. The quantitative estimate of drug-likeness (QED) is 0.909. The van der Waals surface area contributed by atoms with Gasteiger partial charge in [0.05, 0.1) is 10.0 Å². The molecule has 0 bridgehead atoms. The second-order valence-electron chi connectivity index (χ2n) is 5.96. The Morgan fingerprint density at radius 3 is 2.45 bits per heavy atom. The molecule has 2 N–H and O–H groups in total. The SMILES string of the molecule is NC[C@H]1CN(Cc2ccccc2)C[C@@H]1c1ccc(Cl)c(Cl)c1. The van der Waals surface area contributed by atoms with Crippen LogP contribution >= 0.6 is 23.2 Å². The molecule has 2 atom stereocenters. The molecule has 0 unspecified atom stereocenters. The largest absolute Gasteiger partial charge is 0.330 e. The Balaban J connectivity index is 1.75. The summed E-state index contributed by atoms with van der Waals surface area (Å²) >= 11 is 12.2. The van der Waals surface area contributed by atoms with E-state index in [2.05, 4.69) is 41.3 Å². The number of hydrogen-bond donors (Lipinski definition) is 1. The molecule has 22 heavy (non-hydrogen) atoms. The highest BCUT2D eigenvalue weighted by Gasteiger charge is 2.32. The molecule has 1 aliphatic heterocycles. The molecule has 1 fully saturated rings. The molecule has 2 nitrogen and oxygen atoms in total. The van der Waals surface area contributed by atoms with Crippen LogP contribution in [-0.2, 0) is 6.54 Å². The maximum absolute atomic E-state index is 6.17. The first-order chi connectivity index (χ1) is 10.7. The summed E-state index contributed by atoms with van der Waals surface area (Å²) in [6.45, 7) is 3.69. The molecule has 0 aliphatic carbocycles. The lowest BCUT2D eigenvalue weighted by atomic mass is 9.89. The maximum Gasteiger partial charge on any atom is 0.0595 e. The third-order valence-corrected chi connectivity index (χ3v) is 5.18. The van der Waals surface area contributed by atoms with Gasteiger partial charge in [-0.1, -0.05) is 59.6 Å². The monoisotopic (exact) mass is 334 g/mol. The van der Waals surface area contributed by atoms with E-state index in [0.29, 0.717) is 28.4 Å². The number of nitrogens with two attached hydrogens (primary N) is 1. The average molecular weight is 335 g/mol. The van der Waals surface area contributed by atoms with Crippen molar-refractivity contribution in [3.63, 3.8) is 0 Å². The molecule has 0 aromatic heterocycles. The van der Waals surface area contributed by atoms with Gasteiger partial charge in [0.1, 0.15) is 0 Å². The Bertz CT molecular complexity index is 630. The molecule has 0 radical (unpaired) electrons. The van der Waals surface area contributed by atoms with Gasteiger partial charge in [0, 0.05) is 25.6 Å². The molecule has 1 saturated heterocycles. The first-order valence-electron chi connectivity index (χ1n) is 7.58. The zero-order valence-corrected chi connectivity index (χ0v) is 13.9. The van der Waals surface area contributed by atoms with Gasteiger partial charge in [-0.2, -0.15) is 0 Å². The summed E-state index contributed by atoms with van der Waals surface area (Å²) in [4.78, 5) is 2.47. The van der Waals surface area contributed by atoms with E-state index in [4.69, 9.17) is 28.9 Å². The van der Waals surface area contributed by atoms with Crippen LogP contribution in [0.15, 0.2) is 48.5 Å². The summed E-state index contributed by atoms with van der Waals surface area (Å²) < 4.78 is 0. The van der Waals surface area contributed by atoms with Gasteiger partial charge in [0.25, 0.3) is 0 Å². The summed E-state index contributed by atoms with van der Waals surface area (Å²) in [6.07, 6.45) is 0. The van der Waals surface area contributed by atoms with Crippen LogP contribution < -0.4 is 5.73 Å². The minimum Gasteiger partial charge on any atom is -0.330 e. The Morgan fingerprint density at radius 1 is 1.00 bits per heavy atom. The lowest BCUT2D eigenvalue weighted by Gasteiger charge is -2.17. The van der Waals surface area contributed by atoms with E-state index in [1.807, 2.05) is 12.1 Å². The lowest BCUT2D eigenvalue weighted by Crippen LogP contribution is -2.23. The van der Waals surface area contributed by atoms with Gasteiger partial charge in [-0.25, -0.2) is 0 Å². The van der Waals surface area contributed by atoms with Gasteiger partial charge in [-0.3, -0.25) is 4.90 Å². The zero-order valence-electron chi connectivity index (χ0n) is 12.4. The van der Waals surface area contributed by atoms with Crippen LogP contribution in [0.4, 0.5) is 0 Å². The Hall–Kier alpha value is -1.06. The van der Waals surface area contributed by atoms with Crippen molar-refractivity contribution in [1.82, 2.24) is 4.90 Å². The topological polar surface area (TPSA) is 29.3 Å². The van der Waals surface area contributed by atoms with E-state index in [-0.39, 0.29) is 0 Å². The fraction of sp³-hybridized carbons (Fsp3) is 0.333. The van der Waals surface area contributed by atoms with Crippen LogP contribution in [0.3, 0.4) is 0 Å². The van der Waals surface area contributed by atoms with E-state index in [0.717, 1.165) is 19.6 Å². The Labute approximate surface area is 141 Å². The van der Waals surface area contributed by atoms with Gasteiger partial charge in [0.2, 0.25) is 0 Å².